The summed E-state index contributed by atoms with van der Waals surface area (Å²) < 4.78 is 0.844. The summed E-state index contributed by atoms with van der Waals surface area (Å²) in [5.74, 6) is 1.52. The Balaban J connectivity index is 2.29. The van der Waals surface area contributed by atoms with E-state index in [2.05, 4.69) is 38.0 Å². The van der Waals surface area contributed by atoms with Crippen LogP contribution in [-0.2, 0) is 0 Å². The van der Waals surface area contributed by atoms with E-state index in [1.807, 2.05) is 6.07 Å². The number of nitro benzene ring substituents is 1. The maximum atomic E-state index is 11.4. The lowest BCUT2D eigenvalue weighted by atomic mass is 9.85. The molecule has 2 aromatic rings. The van der Waals surface area contributed by atoms with Crippen LogP contribution in [0, 0.1) is 27.9 Å². The molecule has 0 saturated heterocycles. The standard InChI is InChI=1S/C15H21N3O2S/c1-9(2)11(10(3)4)7-16-12-5-6-13-14(17-8-21-13)15(12)18(19)20/h5-6,8-11,16H,7H2,1-4H3. The summed E-state index contributed by atoms with van der Waals surface area (Å²) in [5.41, 5.74) is 2.76. The SMILES string of the molecule is CC(C)C(CNc1ccc2scnc2c1[N+](=O)[O-])C(C)C. The Kier molecular flexibility index (Phi) is 4.77. The zero-order valence-corrected chi connectivity index (χ0v) is 13.6. The van der Waals surface area contributed by atoms with E-state index in [0.29, 0.717) is 29.0 Å². The zero-order chi connectivity index (χ0) is 15.6. The second-order valence-electron chi connectivity index (χ2n) is 5.95. The molecule has 1 aromatic heterocycles. The molecule has 1 heterocycles. The Morgan fingerprint density at radius 3 is 2.52 bits per heavy atom. The molecule has 21 heavy (non-hydrogen) atoms. The smallest absolute Gasteiger partial charge is 0.319 e. The van der Waals surface area contributed by atoms with Gasteiger partial charge in [0.2, 0.25) is 0 Å². The lowest BCUT2D eigenvalue weighted by molar-refractivity contribution is -0.382. The number of hydrogen-bond acceptors (Lipinski definition) is 5. The number of thiazole rings is 1. The van der Waals surface area contributed by atoms with Gasteiger partial charge in [-0.2, -0.15) is 0 Å². The molecule has 0 bridgehead atoms. The summed E-state index contributed by atoms with van der Waals surface area (Å²) >= 11 is 1.42. The van der Waals surface area contributed by atoms with E-state index >= 15 is 0 Å². The number of nitrogens with zero attached hydrogens (tertiary/aromatic N) is 2. The molecule has 0 aliphatic carbocycles. The number of aromatic nitrogens is 1. The van der Waals surface area contributed by atoms with E-state index in [1.54, 1.807) is 11.6 Å². The summed E-state index contributed by atoms with van der Waals surface area (Å²) in [4.78, 5) is 15.2. The van der Waals surface area contributed by atoms with Gasteiger partial charge in [0.15, 0.2) is 5.52 Å². The van der Waals surface area contributed by atoms with Crippen molar-refractivity contribution in [2.75, 3.05) is 11.9 Å². The van der Waals surface area contributed by atoms with Gasteiger partial charge in [-0.15, -0.1) is 11.3 Å². The molecular formula is C15H21N3O2S. The normalized spacial score (nSPS) is 11.8. The van der Waals surface area contributed by atoms with Crippen LogP contribution in [-0.4, -0.2) is 16.5 Å². The lowest BCUT2D eigenvalue weighted by Gasteiger charge is -2.25. The van der Waals surface area contributed by atoms with Gasteiger partial charge in [-0.25, -0.2) is 4.98 Å². The number of anilines is 1. The predicted molar refractivity (Wildman–Crippen MR) is 87.9 cm³/mol. The van der Waals surface area contributed by atoms with Gasteiger partial charge < -0.3 is 5.32 Å². The summed E-state index contributed by atoms with van der Waals surface area (Å²) in [7, 11) is 0. The first kappa shape index (κ1) is 15.7. The maximum absolute atomic E-state index is 11.4. The molecule has 114 valence electrons. The number of nitrogens with one attached hydrogen (secondary N) is 1. The van der Waals surface area contributed by atoms with Crippen LogP contribution in [0.3, 0.4) is 0 Å². The molecular weight excluding hydrogens is 286 g/mol. The van der Waals surface area contributed by atoms with Crippen molar-refractivity contribution in [2.45, 2.75) is 27.7 Å². The van der Waals surface area contributed by atoms with Crippen molar-refractivity contribution in [3.05, 3.63) is 27.8 Å². The third-order valence-electron chi connectivity index (χ3n) is 3.90. The number of fused-ring (bicyclic) bond motifs is 1. The summed E-state index contributed by atoms with van der Waals surface area (Å²) in [6.07, 6.45) is 0. The van der Waals surface area contributed by atoms with E-state index in [4.69, 9.17) is 0 Å². The minimum atomic E-state index is -0.343. The summed E-state index contributed by atoms with van der Waals surface area (Å²) in [6, 6.07) is 3.68. The van der Waals surface area contributed by atoms with Gasteiger partial charge >= 0.3 is 5.69 Å². The Hall–Kier alpha value is -1.69. The molecule has 0 saturated carbocycles. The van der Waals surface area contributed by atoms with Crippen molar-refractivity contribution in [2.24, 2.45) is 17.8 Å². The number of benzene rings is 1. The Labute approximate surface area is 128 Å². The molecule has 6 heteroatoms. The molecule has 1 N–H and O–H groups in total. The third kappa shape index (κ3) is 3.32. The average molecular weight is 307 g/mol. The molecule has 0 amide bonds. The van der Waals surface area contributed by atoms with Gasteiger partial charge in [-0.3, -0.25) is 10.1 Å². The van der Waals surface area contributed by atoms with Crippen molar-refractivity contribution in [3.8, 4) is 0 Å². The molecule has 0 fully saturated rings. The fourth-order valence-corrected chi connectivity index (χ4v) is 3.39. The van der Waals surface area contributed by atoms with Crippen LogP contribution >= 0.6 is 11.3 Å². The first-order chi connectivity index (χ1) is 9.91. The molecule has 2 rings (SSSR count). The van der Waals surface area contributed by atoms with Crippen molar-refractivity contribution in [3.63, 3.8) is 0 Å². The highest BCUT2D eigenvalue weighted by molar-refractivity contribution is 7.16. The van der Waals surface area contributed by atoms with Crippen molar-refractivity contribution in [1.29, 1.82) is 0 Å². The monoisotopic (exact) mass is 307 g/mol. The van der Waals surface area contributed by atoms with Crippen LogP contribution in [0.4, 0.5) is 11.4 Å². The second-order valence-corrected chi connectivity index (χ2v) is 6.84. The third-order valence-corrected chi connectivity index (χ3v) is 4.69. The molecule has 0 aliphatic rings. The van der Waals surface area contributed by atoms with Crippen molar-refractivity contribution in [1.82, 2.24) is 4.98 Å². The minimum Gasteiger partial charge on any atom is -0.379 e. The van der Waals surface area contributed by atoms with Crippen LogP contribution in [0.2, 0.25) is 0 Å². The van der Waals surface area contributed by atoms with Gasteiger partial charge in [0, 0.05) is 6.54 Å². The van der Waals surface area contributed by atoms with E-state index in [0.717, 1.165) is 11.2 Å². The summed E-state index contributed by atoms with van der Waals surface area (Å²) in [5, 5.41) is 14.6. The van der Waals surface area contributed by atoms with E-state index in [9.17, 15) is 10.1 Å². The van der Waals surface area contributed by atoms with E-state index in [1.165, 1.54) is 11.3 Å². The molecule has 0 atom stereocenters. The van der Waals surface area contributed by atoms with Crippen LogP contribution in [0.5, 0.6) is 0 Å². The molecule has 5 nitrogen and oxygen atoms in total. The molecule has 0 spiro atoms. The highest BCUT2D eigenvalue weighted by atomic mass is 32.1. The summed E-state index contributed by atoms with van der Waals surface area (Å²) in [6.45, 7) is 9.47. The highest BCUT2D eigenvalue weighted by Gasteiger charge is 2.23. The first-order valence-corrected chi connectivity index (χ1v) is 8.04. The Bertz CT molecular complexity index is 629. The number of rotatable bonds is 6. The topological polar surface area (TPSA) is 68.1 Å². The maximum Gasteiger partial charge on any atom is 0.319 e. The highest BCUT2D eigenvalue weighted by Crippen LogP contribution is 2.34. The number of hydrogen-bond donors (Lipinski definition) is 1. The predicted octanol–water partition coefficient (Wildman–Crippen LogP) is 4.54. The lowest BCUT2D eigenvalue weighted by Crippen LogP contribution is -2.24. The Morgan fingerprint density at radius 1 is 1.29 bits per heavy atom. The fraction of sp³-hybridized carbons (Fsp3) is 0.533. The van der Waals surface area contributed by atoms with Gasteiger partial charge in [0.05, 0.1) is 15.1 Å². The molecule has 0 aliphatic heterocycles. The zero-order valence-electron chi connectivity index (χ0n) is 12.8. The van der Waals surface area contributed by atoms with E-state index < -0.39 is 0 Å². The van der Waals surface area contributed by atoms with Crippen LogP contribution in [0.1, 0.15) is 27.7 Å². The minimum absolute atomic E-state index is 0.0833. The molecule has 1 aromatic carbocycles. The average Bonchev–Trinajstić information content (AvgIpc) is 2.85. The van der Waals surface area contributed by atoms with Crippen LogP contribution in [0.25, 0.3) is 10.2 Å². The van der Waals surface area contributed by atoms with Crippen LogP contribution in [0.15, 0.2) is 17.6 Å². The van der Waals surface area contributed by atoms with Crippen LogP contribution < -0.4 is 5.32 Å². The van der Waals surface area contributed by atoms with Crippen molar-refractivity contribution >= 4 is 32.9 Å². The van der Waals surface area contributed by atoms with Gasteiger partial charge in [0.25, 0.3) is 0 Å². The van der Waals surface area contributed by atoms with E-state index in [-0.39, 0.29) is 10.6 Å². The quantitative estimate of drug-likeness (QED) is 0.628. The Morgan fingerprint density at radius 2 is 1.95 bits per heavy atom. The number of nitro groups is 1. The molecule has 0 unspecified atom stereocenters. The largest absolute Gasteiger partial charge is 0.379 e. The second kappa shape index (κ2) is 6.39. The van der Waals surface area contributed by atoms with Gasteiger partial charge in [-0.1, -0.05) is 27.7 Å². The first-order valence-electron chi connectivity index (χ1n) is 7.16. The molecule has 0 radical (unpaired) electrons. The van der Waals surface area contributed by atoms with Crippen molar-refractivity contribution < 1.29 is 4.92 Å². The fourth-order valence-electron chi connectivity index (χ4n) is 2.71. The van der Waals surface area contributed by atoms with Gasteiger partial charge in [-0.05, 0) is 29.9 Å². The van der Waals surface area contributed by atoms with Gasteiger partial charge in [0.1, 0.15) is 5.69 Å².